The van der Waals surface area contributed by atoms with Gasteiger partial charge in [0.15, 0.2) is 27.3 Å². The zero-order valence-corrected chi connectivity index (χ0v) is 16.7. The van der Waals surface area contributed by atoms with E-state index in [1.807, 2.05) is 25.4 Å². The lowest BCUT2D eigenvalue weighted by Gasteiger charge is -2.11. The number of halogens is 1. The molecule has 3 aromatic rings. The second-order valence-corrected chi connectivity index (χ2v) is 6.94. The molecule has 0 bridgehead atoms. The lowest BCUT2D eigenvalue weighted by molar-refractivity contribution is -0.129. The van der Waals surface area contributed by atoms with Crippen LogP contribution in [0.25, 0.3) is 11.0 Å². The second kappa shape index (κ2) is 7.65. The van der Waals surface area contributed by atoms with Crippen molar-refractivity contribution in [2.75, 3.05) is 13.2 Å². The van der Waals surface area contributed by atoms with Crippen molar-refractivity contribution < 1.29 is 19.0 Å². The van der Waals surface area contributed by atoms with Crippen molar-refractivity contribution in [3.8, 4) is 11.5 Å². The average Bonchev–Trinajstić information content (AvgIpc) is 3.34. The fourth-order valence-corrected chi connectivity index (χ4v) is 3.75. The fourth-order valence-electron chi connectivity index (χ4n) is 2.75. The van der Waals surface area contributed by atoms with Gasteiger partial charge in [0.05, 0.1) is 18.9 Å². The Kier molecular flexibility index (Phi) is 5.06. The Morgan fingerprint density at radius 3 is 2.82 bits per heavy atom. The van der Waals surface area contributed by atoms with Crippen molar-refractivity contribution in [2.45, 2.75) is 13.8 Å². The van der Waals surface area contributed by atoms with Gasteiger partial charge in [0, 0.05) is 17.1 Å². The van der Waals surface area contributed by atoms with Crippen LogP contribution < -0.4 is 9.47 Å². The monoisotopic (exact) mass is 417 g/mol. The van der Waals surface area contributed by atoms with Gasteiger partial charge in [-0.3, -0.25) is 4.40 Å². The summed E-state index contributed by atoms with van der Waals surface area (Å²) in [7, 11) is 0. The molecule has 2 aromatic heterocycles. The van der Waals surface area contributed by atoms with Gasteiger partial charge in [-0.15, -0.1) is 11.3 Å². The minimum atomic E-state index is -0.553. The number of aliphatic imine (C=N–C) groups is 1. The summed E-state index contributed by atoms with van der Waals surface area (Å²) < 4.78 is 18.3. The maximum atomic E-state index is 12.3. The van der Waals surface area contributed by atoms with Crippen molar-refractivity contribution in [1.82, 2.24) is 9.38 Å². The molecule has 3 heterocycles. The summed E-state index contributed by atoms with van der Waals surface area (Å²) in [5.41, 5.74) is 1.34. The Morgan fingerprint density at radius 2 is 2.04 bits per heavy atom. The number of carbonyl (C=O) groups is 1. The molecule has 1 aliphatic heterocycles. The van der Waals surface area contributed by atoms with Crippen LogP contribution in [0.1, 0.15) is 25.1 Å². The first-order valence-corrected chi connectivity index (χ1v) is 9.90. The van der Waals surface area contributed by atoms with Crippen LogP contribution in [0.2, 0.25) is 5.15 Å². The van der Waals surface area contributed by atoms with E-state index in [1.54, 1.807) is 28.7 Å². The highest BCUT2D eigenvalue weighted by atomic mass is 35.5. The maximum absolute atomic E-state index is 12.3. The van der Waals surface area contributed by atoms with Crippen LogP contribution in [0.5, 0.6) is 11.5 Å². The third kappa shape index (κ3) is 3.36. The average molecular weight is 418 g/mol. The molecule has 144 valence electrons. The van der Waals surface area contributed by atoms with Gasteiger partial charge in [0.2, 0.25) is 5.90 Å². The highest BCUT2D eigenvalue weighted by Crippen LogP contribution is 2.31. The van der Waals surface area contributed by atoms with Crippen LogP contribution in [-0.4, -0.2) is 34.5 Å². The number of cyclic esters (lactones) is 1. The van der Waals surface area contributed by atoms with E-state index in [0.717, 1.165) is 4.96 Å². The molecular weight excluding hydrogens is 402 g/mol. The number of fused-ring (bicyclic) bond motifs is 1. The molecule has 0 N–H and O–H groups in total. The quantitative estimate of drug-likeness (QED) is 0.444. The molecule has 0 radical (unpaired) electrons. The van der Waals surface area contributed by atoms with Crippen LogP contribution in [-0.2, 0) is 9.53 Å². The van der Waals surface area contributed by atoms with Gasteiger partial charge in [-0.05, 0) is 38.1 Å². The Hall–Kier alpha value is -2.84. The number of aromatic nitrogens is 2. The standard InChI is InChI=1S/C19H16ClN3O4S/c1-3-25-14-6-5-11(9-15(14)26-4-2)17-21-12(18(24)27-17)10-13-16(20)22-19-23(13)7-8-28-19/h5-10H,3-4H2,1-2H3/b12-10-. The minimum absolute atomic E-state index is 0.150. The van der Waals surface area contributed by atoms with Crippen LogP contribution in [0.3, 0.4) is 0 Å². The molecule has 28 heavy (non-hydrogen) atoms. The molecule has 0 fully saturated rings. The number of ether oxygens (including phenoxy) is 3. The van der Waals surface area contributed by atoms with Crippen LogP contribution in [0.4, 0.5) is 0 Å². The Bertz CT molecular complexity index is 1120. The predicted octanol–water partition coefficient (Wildman–Crippen LogP) is 4.19. The zero-order valence-electron chi connectivity index (χ0n) is 15.1. The van der Waals surface area contributed by atoms with Crippen molar-refractivity contribution in [1.29, 1.82) is 0 Å². The van der Waals surface area contributed by atoms with Gasteiger partial charge in [-0.2, -0.15) is 0 Å². The number of esters is 1. The molecule has 0 saturated heterocycles. The third-order valence-electron chi connectivity index (χ3n) is 3.94. The van der Waals surface area contributed by atoms with E-state index in [0.29, 0.717) is 41.1 Å². The number of nitrogens with zero attached hydrogens (tertiary/aromatic N) is 3. The first-order valence-electron chi connectivity index (χ1n) is 8.64. The lowest BCUT2D eigenvalue weighted by atomic mass is 10.2. The molecule has 4 rings (SSSR count). The van der Waals surface area contributed by atoms with E-state index in [1.165, 1.54) is 11.3 Å². The van der Waals surface area contributed by atoms with E-state index in [9.17, 15) is 4.79 Å². The van der Waals surface area contributed by atoms with E-state index in [4.69, 9.17) is 25.8 Å². The fraction of sp³-hybridized carbons (Fsp3) is 0.211. The van der Waals surface area contributed by atoms with Crippen LogP contribution >= 0.6 is 22.9 Å². The van der Waals surface area contributed by atoms with Gasteiger partial charge in [-0.1, -0.05) is 11.6 Å². The Morgan fingerprint density at radius 1 is 1.25 bits per heavy atom. The van der Waals surface area contributed by atoms with Crippen LogP contribution in [0, 0.1) is 0 Å². The maximum Gasteiger partial charge on any atom is 0.363 e. The van der Waals surface area contributed by atoms with E-state index < -0.39 is 5.97 Å². The van der Waals surface area contributed by atoms with Crippen molar-refractivity contribution in [3.05, 3.63) is 51.9 Å². The summed E-state index contributed by atoms with van der Waals surface area (Å²) in [6.45, 7) is 4.79. The van der Waals surface area contributed by atoms with E-state index >= 15 is 0 Å². The van der Waals surface area contributed by atoms with Gasteiger partial charge >= 0.3 is 5.97 Å². The number of hydrogen-bond acceptors (Lipinski definition) is 7. The van der Waals surface area contributed by atoms with Gasteiger partial charge in [0.1, 0.15) is 0 Å². The Balaban J connectivity index is 1.70. The van der Waals surface area contributed by atoms with Crippen molar-refractivity contribution >= 4 is 45.8 Å². The highest BCUT2D eigenvalue weighted by Gasteiger charge is 2.26. The van der Waals surface area contributed by atoms with E-state index in [2.05, 4.69) is 9.98 Å². The summed E-state index contributed by atoms with van der Waals surface area (Å²) in [5, 5.41) is 2.19. The molecule has 1 aliphatic rings. The summed E-state index contributed by atoms with van der Waals surface area (Å²) in [5.74, 6) is 0.835. The number of imidazole rings is 1. The SMILES string of the molecule is CCOc1ccc(C2=N/C(=C\c3c(Cl)nc4sccn34)C(=O)O2)cc1OCC. The number of thiazole rings is 1. The molecule has 9 heteroatoms. The van der Waals surface area contributed by atoms with Crippen LogP contribution in [0.15, 0.2) is 40.5 Å². The van der Waals surface area contributed by atoms with E-state index in [-0.39, 0.29) is 11.6 Å². The minimum Gasteiger partial charge on any atom is -0.490 e. The molecular formula is C19H16ClN3O4S. The van der Waals surface area contributed by atoms with Crippen molar-refractivity contribution in [2.24, 2.45) is 4.99 Å². The molecule has 1 aromatic carbocycles. The number of carbonyl (C=O) groups excluding carboxylic acids is 1. The third-order valence-corrected chi connectivity index (χ3v) is 4.97. The number of hydrogen-bond donors (Lipinski definition) is 0. The Labute approximate surface area is 169 Å². The smallest absolute Gasteiger partial charge is 0.363 e. The molecule has 0 aliphatic carbocycles. The molecule has 0 amide bonds. The summed E-state index contributed by atoms with van der Waals surface area (Å²) in [6, 6.07) is 5.28. The first kappa shape index (κ1) is 18.5. The van der Waals surface area contributed by atoms with Gasteiger partial charge in [0.25, 0.3) is 0 Å². The number of benzene rings is 1. The topological polar surface area (TPSA) is 74.4 Å². The molecule has 0 unspecified atom stereocenters. The highest BCUT2D eigenvalue weighted by molar-refractivity contribution is 7.15. The van der Waals surface area contributed by atoms with Crippen molar-refractivity contribution in [3.63, 3.8) is 0 Å². The van der Waals surface area contributed by atoms with Gasteiger partial charge < -0.3 is 14.2 Å². The normalized spacial score (nSPS) is 15.2. The molecule has 0 spiro atoms. The molecule has 0 atom stereocenters. The zero-order chi connectivity index (χ0) is 19.7. The molecule has 7 nitrogen and oxygen atoms in total. The summed E-state index contributed by atoms with van der Waals surface area (Å²) in [6.07, 6.45) is 3.40. The summed E-state index contributed by atoms with van der Waals surface area (Å²) >= 11 is 7.64. The lowest BCUT2D eigenvalue weighted by Crippen LogP contribution is -2.06. The molecule has 0 saturated carbocycles. The largest absolute Gasteiger partial charge is 0.490 e. The van der Waals surface area contributed by atoms with Gasteiger partial charge in [-0.25, -0.2) is 14.8 Å². The number of rotatable bonds is 6. The predicted molar refractivity (Wildman–Crippen MR) is 107 cm³/mol. The second-order valence-electron chi connectivity index (χ2n) is 5.71. The summed E-state index contributed by atoms with van der Waals surface area (Å²) in [4.78, 5) is 21.6. The first-order chi connectivity index (χ1) is 13.6.